The molecule has 2 aromatic rings. The number of hydrogen-bond acceptors (Lipinski definition) is 3. The Morgan fingerprint density at radius 3 is 2.35 bits per heavy atom. The molecule has 0 saturated heterocycles. The zero-order valence-corrected chi connectivity index (χ0v) is 14.1. The van der Waals surface area contributed by atoms with Gasteiger partial charge in [0.1, 0.15) is 10.7 Å². The maximum atomic E-state index is 12.3. The van der Waals surface area contributed by atoms with E-state index in [2.05, 4.69) is 25.6 Å². The van der Waals surface area contributed by atoms with Crippen LogP contribution in [0.2, 0.25) is 10.0 Å². The first-order valence-corrected chi connectivity index (χ1v) is 8.43. The standard InChI is InChI=1S/C12H9BrCl2N2O2S/c1-7-2-3-16-11(4-7)17-20(18,19)12-9(14)5-8(13)6-10(12)15/h2-6H,1H3,(H,16,17). The summed E-state index contributed by atoms with van der Waals surface area (Å²) in [6.07, 6.45) is 1.51. The predicted octanol–water partition coefficient (Wildman–Crippen LogP) is 4.26. The Kier molecular flexibility index (Phi) is 4.59. The van der Waals surface area contributed by atoms with E-state index in [-0.39, 0.29) is 20.8 Å². The molecule has 1 aromatic heterocycles. The normalized spacial score (nSPS) is 11.4. The molecule has 2 rings (SSSR count). The van der Waals surface area contributed by atoms with E-state index >= 15 is 0 Å². The molecule has 20 heavy (non-hydrogen) atoms. The number of rotatable bonds is 3. The molecule has 0 bridgehead atoms. The Labute approximate surface area is 135 Å². The average molecular weight is 396 g/mol. The molecule has 1 N–H and O–H groups in total. The van der Waals surface area contributed by atoms with Crippen LogP contribution >= 0.6 is 39.1 Å². The van der Waals surface area contributed by atoms with E-state index < -0.39 is 10.0 Å². The van der Waals surface area contributed by atoms with Crippen molar-refractivity contribution in [3.05, 3.63) is 50.5 Å². The van der Waals surface area contributed by atoms with E-state index in [9.17, 15) is 8.42 Å². The SMILES string of the molecule is Cc1ccnc(NS(=O)(=O)c2c(Cl)cc(Br)cc2Cl)c1. The van der Waals surface area contributed by atoms with Crippen LogP contribution in [0.4, 0.5) is 5.82 Å². The van der Waals surface area contributed by atoms with Gasteiger partial charge in [0.2, 0.25) is 0 Å². The lowest BCUT2D eigenvalue weighted by Gasteiger charge is -2.11. The largest absolute Gasteiger partial charge is 0.266 e. The summed E-state index contributed by atoms with van der Waals surface area (Å²) >= 11 is 15.1. The molecule has 0 aliphatic heterocycles. The molecule has 0 radical (unpaired) electrons. The summed E-state index contributed by atoms with van der Waals surface area (Å²) < 4.78 is 27.6. The lowest BCUT2D eigenvalue weighted by Crippen LogP contribution is -2.15. The van der Waals surface area contributed by atoms with Crippen molar-refractivity contribution in [3.63, 3.8) is 0 Å². The topological polar surface area (TPSA) is 59.1 Å². The zero-order chi connectivity index (χ0) is 14.9. The summed E-state index contributed by atoms with van der Waals surface area (Å²) in [5, 5.41) is 0.0639. The van der Waals surface area contributed by atoms with Crippen molar-refractivity contribution < 1.29 is 8.42 Å². The third kappa shape index (κ3) is 3.44. The van der Waals surface area contributed by atoms with Crippen molar-refractivity contribution in [3.8, 4) is 0 Å². The Morgan fingerprint density at radius 1 is 1.20 bits per heavy atom. The molecule has 1 aromatic carbocycles. The first-order valence-electron chi connectivity index (χ1n) is 5.39. The quantitative estimate of drug-likeness (QED) is 0.844. The smallest absolute Gasteiger partial charge is 0.263 e. The Bertz CT molecular complexity index is 743. The second kappa shape index (κ2) is 5.89. The monoisotopic (exact) mass is 394 g/mol. The fourth-order valence-electron chi connectivity index (χ4n) is 1.57. The third-order valence-corrected chi connectivity index (χ3v) is 5.12. The van der Waals surface area contributed by atoms with Crippen molar-refractivity contribution in [2.24, 2.45) is 0 Å². The second-order valence-corrected chi connectivity index (χ2v) is 7.37. The lowest BCUT2D eigenvalue weighted by molar-refractivity contribution is 0.601. The summed E-state index contributed by atoms with van der Waals surface area (Å²) in [4.78, 5) is 3.77. The average Bonchev–Trinajstić information content (AvgIpc) is 2.25. The molecule has 0 amide bonds. The molecular weight excluding hydrogens is 387 g/mol. The number of halogens is 3. The van der Waals surface area contributed by atoms with E-state index in [0.717, 1.165) is 5.56 Å². The van der Waals surface area contributed by atoms with E-state index in [4.69, 9.17) is 23.2 Å². The summed E-state index contributed by atoms with van der Waals surface area (Å²) in [6, 6.07) is 6.30. The Hall–Kier alpha value is -0.820. The van der Waals surface area contributed by atoms with Crippen LogP contribution in [0.25, 0.3) is 0 Å². The Balaban J connectivity index is 2.46. The number of sulfonamides is 1. The molecule has 0 spiro atoms. The second-order valence-electron chi connectivity index (χ2n) is 4.02. The lowest BCUT2D eigenvalue weighted by atomic mass is 10.3. The highest BCUT2D eigenvalue weighted by Gasteiger charge is 2.23. The highest BCUT2D eigenvalue weighted by Crippen LogP contribution is 2.33. The number of hydrogen-bond donors (Lipinski definition) is 1. The molecule has 1 heterocycles. The summed E-state index contributed by atoms with van der Waals surface area (Å²) in [5.41, 5.74) is 0.880. The summed E-state index contributed by atoms with van der Waals surface area (Å²) in [5.74, 6) is 0.208. The number of nitrogens with zero attached hydrogens (tertiary/aromatic N) is 1. The zero-order valence-electron chi connectivity index (χ0n) is 10.2. The fourth-order valence-corrected chi connectivity index (χ4v) is 4.50. The third-order valence-electron chi connectivity index (χ3n) is 2.39. The van der Waals surface area contributed by atoms with Crippen LogP contribution < -0.4 is 4.72 Å². The van der Waals surface area contributed by atoms with Crippen LogP contribution in [0.5, 0.6) is 0 Å². The van der Waals surface area contributed by atoms with Crippen LogP contribution in [-0.4, -0.2) is 13.4 Å². The molecular formula is C12H9BrCl2N2O2S. The first kappa shape index (κ1) is 15.6. The van der Waals surface area contributed by atoms with Crippen LogP contribution in [0.15, 0.2) is 39.8 Å². The van der Waals surface area contributed by atoms with Gasteiger partial charge in [-0.3, -0.25) is 4.72 Å². The number of benzene rings is 1. The van der Waals surface area contributed by atoms with Crippen LogP contribution in [-0.2, 0) is 10.0 Å². The number of aromatic nitrogens is 1. The highest BCUT2D eigenvalue weighted by atomic mass is 79.9. The van der Waals surface area contributed by atoms with Crippen molar-refractivity contribution in [2.75, 3.05) is 4.72 Å². The molecule has 4 nitrogen and oxygen atoms in total. The minimum Gasteiger partial charge on any atom is -0.263 e. The van der Waals surface area contributed by atoms with Gasteiger partial charge in [-0.05, 0) is 36.8 Å². The molecule has 0 aliphatic rings. The maximum Gasteiger partial charge on any atom is 0.266 e. The molecule has 106 valence electrons. The fraction of sp³-hybridized carbons (Fsp3) is 0.0833. The van der Waals surface area contributed by atoms with E-state index in [1.54, 1.807) is 12.1 Å². The minimum absolute atomic E-state index is 0.0320. The van der Waals surface area contributed by atoms with Crippen LogP contribution in [0.3, 0.4) is 0 Å². The Morgan fingerprint density at radius 2 is 1.80 bits per heavy atom. The molecule has 0 unspecified atom stereocenters. The summed E-state index contributed by atoms with van der Waals surface area (Å²) in [7, 11) is -3.91. The van der Waals surface area contributed by atoms with E-state index in [1.165, 1.54) is 18.3 Å². The van der Waals surface area contributed by atoms with Gasteiger partial charge in [0.05, 0.1) is 10.0 Å². The predicted molar refractivity (Wildman–Crippen MR) is 83.9 cm³/mol. The van der Waals surface area contributed by atoms with E-state index in [0.29, 0.717) is 4.47 Å². The molecule has 0 saturated carbocycles. The van der Waals surface area contributed by atoms with Crippen molar-refractivity contribution in [1.82, 2.24) is 4.98 Å². The van der Waals surface area contributed by atoms with Crippen molar-refractivity contribution in [2.45, 2.75) is 11.8 Å². The maximum absolute atomic E-state index is 12.3. The molecule has 0 atom stereocenters. The van der Waals surface area contributed by atoms with Gasteiger partial charge in [0.25, 0.3) is 10.0 Å². The van der Waals surface area contributed by atoms with Gasteiger partial charge in [-0.15, -0.1) is 0 Å². The van der Waals surface area contributed by atoms with Gasteiger partial charge in [-0.2, -0.15) is 0 Å². The number of pyridine rings is 1. The van der Waals surface area contributed by atoms with Crippen molar-refractivity contribution >= 4 is 55.0 Å². The number of anilines is 1. The first-order chi connectivity index (χ1) is 9.29. The summed E-state index contributed by atoms with van der Waals surface area (Å²) in [6.45, 7) is 1.83. The van der Waals surface area contributed by atoms with Crippen LogP contribution in [0, 0.1) is 6.92 Å². The minimum atomic E-state index is -3.91. The molecule has 0 fully saturated rings. The highest BCUT2D eigenvalue weighted by molar-refractivity contribution is 9.10. The van der Waals surface area contributed by atoms with Gasteiger partial charge in [-0.25, -0.2) is 13.4 Å². The van der Waals surface area contributed by atoms with E-state index in [1.807, 2.05) is 6.92 Å². The van der Waals surface area contributed by atoms with Gasteiger partial charge >= 0.3 is 0 Å². The van der Waals surface area contributed by atoms with Gasteiger partial charge in [-0.1, -0.05) is 39.1 Å². The number of nitrogens with one attached hydrogen (secondary N) is 1. The van der Waals surface area contributed by atoms with Gasteiger partial charge in [0, 0.05) is 10.7 Å². The van der Waals surface area contributed by atoms with Crippen molar-refractivity contribution in [1.29, 1.82) is 0 Å². The van der Waals surface area contributed by atoms with Gasteiger partial charge < -0.3 is 0 Å². The molecule has 0 aliphatic carbocycles. The van der Waals surface area contributed by atoms with Gasteiger partial charge in [0.15, 0.2) is 0 Å². The number of aryl methyl sites for hydroxylation is 1. The molecule has 8 heteroatoms. The van der Waals surface area contributed by atoms with Crippen LogP contribution in [0.1, 0.15) is 5.56 Å².